The molecule has 0 aliphatic carbocycles. The maximum Gasteiger partial charge on any atom is 0.0930 e. The first kappa shape index (κ1) is 14.6. The lowest BCUT2D eigenvalue weighted by atomic mass is 9.95. The standard InChI is InChI=1S/C17H21ClS/c1-11-7-6-8-13(12(11)2)16(18)14-9-10-15(19-14)17(3,4)5/h6-10,16H,1-5H3. The van der Waals surface area contributed by atoms with Crippen LogP contribution < -0.4 is 0 Å². The average Bonchev–Trinajstić information content (AvgIpc) is 2.81. The van der Waals surface area contributed by atoms with E-state index >= 15 is 0 Å². The first-order valence-electron chi connectivity index (χ1n) is 6.61. The Balaban J connectivity index is 2.37. The third-order valence-electron chi connectivity index (χ3n) is 3.54. The van der Waals surface area contributed by atoms with Crippen molar-refractivity contribution in [1.29, 1.82) is 0 Å². The van der Waals surface area contributed by atoms with Crippen LogP contribution in [-0.2, 0) is 5.41 Å². The summed E-state index contributed by atoms with van der Waals surface area (Å²) in [7, 11) is 0. The number of alkyl halides is 1. The summed E-state index contributed by atoms with van der Waals surface area (Å²) in [6.45, 7) is 11.0. The van der Waals surface area contributed by atoms with Gasteiger partial charge in [-0.05, 0) is 48.1 Å². The molecular weight excluding hydrogens is 272 g/mol. The molecule has 0 spiro atoms. The van der Waals surface area contributed by atoms with Crippen LogP contribution in [0.3, 0.4) is 0 Å². The van der Waals surface area contributed by atoms with E-state index in [2.05, 4.69) is 65.0 Å². The van der Waals surface area contributed by atoms with Gasteiger partial charge in [0.15, 0.2) is 0 Å². The van der Waals surface area contributed by atoms with E-state index in [9.17, 15) is 0 Å². The third-order valence-corrected chi connectivity index (χ3v) is 5.71. The molecule has 1 aromatic heterocycles. The molecule has 1 aromatic carbocycles. The van der Waals surface area contributed by atoms with E-state index in [0.717, 1.165) is 0 Å². The van der Waals surface area contributed by atoms with Crippen molar-refractivity contribution in [2.45, 2.75) is 45.4 Å². The van der Waals surface area contributed by atoms with Crippen molar-refractivity contribution in [2.24, 2.45) is 0 Å². The van der Waals surface area contributed by atoms with Gasteiger partial charge >= 0.3 is 0 Å². The Labute approximate surface area is 125 Å². The van der Waals surface area contributed by atoms with Crippen molar-refractivity contribution in [3.8, 4) is 0 Å². The summed E-state index contributed by atoms with van der Waals surface area (Å²) in [5.74, 6) is 0. The quantitative estimate of drug-likeness (QED) is 0.596. The minimum Gasteiger partial charge on any atom is -0.143 e. The first-order chi connectivity index (χ1) is 8.80. The van der Waals surface area contributed by atoms with E-state index in [1.165, 1.54) is 26.4 Å². The van der Waals surface area contributed by atoms with Crippen molar-refractivity contribution in [2.75, 3.05) is 0 Å². The summed E-state index contributed by atoms with van der Waals surface area (Å²) in [6, 6.07) is 10.7. The largest absolute Gasteiger partial charge is 0.143 e. The van der Waals surface area contributed by atoms with Crippen LogP contribution in [0.25, 0.3) is 0 Å². The number of thiophene rings is 1. The van der Waals surface area contributed by atoms with Crippen molar-refractivity contribution in [3.63, 3.8) is 0 Å². The summed E-state index contributed by atoms with van der Waals surface area (Å²) in [5, 5.41) is -0.0407. The topological polar surface area (TPSA) is 0 Å². The first-order valence-corrected chi connectivity index (χ1v) is 7.86. The zero-order chi connectivity index (χ0) is 14.2. The smallest absolute Gasteiger partial charge is 0.0930 e. The second-order valence-electron chi connectivity index (χ2n) is 6.10. The Morgan fingerprint density at radius 2 is 1.74 bits per heavy atom. The molecule has 2 aromatic rings. The van der Waals surface area contributed by atoms with E-state index in [-0.39, 0.29) is 10.8 Å². The SMILES string of the molecule is Cc1cccc(C(Cl)c2ccc(C(C)(C)C)s2)c1C. The van der Waals surface area contributed by atoms with E-state index in [1.807, 2.05) is 11.3 Å². The van der Waals surface area contributed by atoms with Crippen LogP contribution in [0.5, 0.6) is 0 Å². The highest BCUT2D eigenvalue weighted by Gasteiger charge is 2.20. The number of aryl methyl sites for hydroxylation is 1. The molecule has 0 bridgehead atoms. The fourth-order valence-corrected chi connectivity index (χ4v) is 3.60. The molecule has 0 fully saturated rings. The molecule has 2 heteroatoms. The van der Waals surface area contributed by atoms with Gasteiger partial charge in [0, 0.05) is 9.75 Å². The fraction of sp³-hybridized carbons (Fsp3) is 0.412. The molecule has 1 unspecified atom stereocenters. The molecule has 0 nitrogen and oxygen atoms in total. The van der Waals surface area contributed by atoms with E-state index < -0.39 is 0 Å². The number of hydrogen-bond acceptors (Lipinski definition) is 1. The van der Waals surface area contributed by atoms with Crippen LogP contribution in [0, 0.1) is 13.8 Å². The highest BCUT2D eigenvalue weighted by atomic mass is 35.5. The molecule has 0 aliphatic rings. The maximum atomic E-state index is 6.68. The minimum absolute atomic E-state index is 0.0407. The van der Waals surface area contributed by atoms with Gasteiger partial charge in [0.2, 0.25) is 0 Å². The highest BCUT2D eigenvalue weighted by Crippen LogP contribution is 2.39. The lowest BCUT2D eigenvalue weighted by Crippen LogP contribution is -2.07. The van der Waals surface area contributed by atoms with Crippen LogP contribution in [0.2, 0.25) is 0 Å². The molecule has 19 heavy (non-hydrogen) atoms. The summed E-state index contributed by atoms with van der Waals surface area (Å²) in [6.07, 6.45) is 0. The Bertz CT molecular complexity index is 575. The normalized spacial score (nSPS) is 13.6. The Kier molecular flexibility index (Phi) is 4.08. The van der Waals surface area contributed by atoms with Gasteiger partial charge in [-0.2, -0.15) is 0 Å². The predicted molar refractivity (Wildman–Crippen MR) is 86.6 cm³/mol. The molecule has 0 aliphatic heterocycles. The van der Waals surface area contributed by atoms with E-state index in [0.29, 0.717) is 0 Å². The molecule has 2 rings (SSSR count). The highest BCUT2D eigenvalue weighted by molar-refractivity contribution is 7.12. The zero-order valence-electron chi connectivity index (χ0n) is 12.3. The van der Waals surface area contributed by atoms with Gasteiger partial charge < -0.3 is 0 Å². The van der Waals surface area contributed by atoms with Crippen LogP contribution in [0.1, 0.15) is 52.6 Å². The lowest BCUT2D eigenvalue weighted by molar-refractivity contribution is 0.604. The minimum atomic E-state index is -0.0407. The monoisotopic (exact) mass is 292 g/mol. The van der Waals surface area contributed by atoms with Crippen molar-refractivity contribution in [3.05, 3.63) is 56.8 Å². The number of halogens is 1. The second kappa shape index (κ2) is 5.30. The van der Waals surface area contributed by atoms with Gasteiger partial charge in [-0.1, -0.05) is 39.0 Å². The van der Waals surface area contributed by atoms with Gasteiger partial charge in [-0.15, -0.1) is 22.9 Å². The molecule has 0 radical (unpaired) electrons. The molecule has 0 amide bonds. The van der Waals surface area contributed by atoms with Gasteiger partial charge in [0.05, 0.1) is 5.38 Å². The molecular formula is C17H21ClS. The summed E-state index contributed by atoms with van der Waals surface area (Å²) < 4.78 is 0. The number of rotatable bonds is 2. The Hall–Kier alpha value is -0.790. The van der Waals surface area contributed by atoms with Gasteiger partial charge in [0.25, 0.3) is 0 Å². The predicted octanol–water partition coefficient (Wildman–Crippen LogP) is 5.99. The number of hydrogen-bond donors (Lipinski definition) is 0. The average molecular weight is 293 g/mol. The summed E-state index contributed by atoms with van der Waals surface area (Å²) in [5.41, 5.74) is 4.02. The molecule has 0 N–H and O–H groups in total. The number of benzene rings is 1. The van der Waals surface area contributed by atoms with Crippen LogP contribution in [0.15, 0.2) is 30.3 Å². The van der Waals surface area contributed by atoms with Crippen LogP contribution in [0.4, 0.5) is 0 Å². The van der Waals surface area contributed by atoms with Crippen LogP contribution >= 0.6 is 22.9 Å². The molecule has 102 valence electrons. The lowest BCUT2D eigenvalue weighted by Gasteiger charge is -2.16. The summed E-state index contributed by atoms with van der Waals surface area (Å²) >= 11 is 8.51. The van der Waals surface area contributed by atoms with E-state index in [4.69, 9.17) is 11.6 Å². The van der Waals surface area contributed by atoms with Crippen molar-refractivity contribution < 1.29 is 0 Å². The van der Waals surface area contributed by atoms with Gasteiger partial charge in [-0.3, -0.25) is 0 Å². The molecule has 0 saturated heterocycles. The molecule has 0 saturated carbocycles. The molecule has 1 atom stereocenters. The van der Waals surface area contributed by atoms with Crippen molar-refractivity contribution >= 4 is 22.9 Å². The second-order valence-corrected chi connectivity index (χ2v) is 7.66. The van der Waals surface area contributed by atoms with Crippen LogP contribution in [-0.4, -0.2) is 0 Å². The zero-order valence-corrected chi connectivity index (χ0v) is 13.8. The fourth-order valence-electron chi connectivity index (χ4n) is 2.09. The maximum absolute atomic E-state index is 6.68. The Morgan fingerprint density at radius 3 is 2.32 bits per heavy atom. The van der Waals surface area contributed by atoms with Gasteiger partial charge in [-0.25, -0.2) is 0 Å². The summed E-state index contributed by atoms with van der Waals surface area (Å²) in [4.78, 5) is 2.62. The third kappa shape index (κ3) is 3.04. The Morgan fingerprint density at radius 1 is 1.05 bits per heavy atom. The van der Waals surface area contributed by atoms with E-state index in [1.54, 1.807) is 0 Å². The van der Waals surface area contributed by atoms with Gasteiger partial charge in [0.1, 0.15) is 0 Å². The van der Waals surface area contributed by atoms with Crippen molar-refractivity contribution in [1.82, 2.24) is 0 Å². The molecule has 1 heterocycles.